The van der Waals surface area contributed by atoms with Crippen molar-refractivity contribution in [1.29, 1.82) is 0 Å². The summed E-state index contributed by atoms with van der Waals surface area (Å²) in [7, 11) is 0. The van der Waals surface area contributed by atoms with Crippen LogP contribution in [0.2, 0.25) is 0 Å². The molecule has 0 aliphatic carbocycles. The van der Waals surface area contributed by atoms with Crippen LogP contribution in [0.15, 0.2) is 43.0 Å². The molecule has 1 unspecified atom stereocenters. The third kappa shape index (κ3) is 4.45. The van der Waals surface area contributed by atoms with E-state index < -0.39 is 0 Å². The highest BCUT2D eigenvalue weighted by molar-refractivity contribution is 5.94. The van der Waals surface area contributed by atoms with Crippen molar-refractivity contribution in [3.63, 3.8) is 0 Å². The maximum atomic E-state index is 12.2. The monoisotopic (exact) mass is 285 g/mol. The minimum absolute atomic E-state index is 0.0107. The van der Waals surface area contributed by atoms with Crippen molar-refractivity contribution < 1.29 is 4.79 Å². The summed E-state index contributed by atoms with van der Waals surface area (Å²) in [6, 6.07) is 7.75. The molecule has 0 fully saturated rings. The molecule has 4 nitrogen and oxygen atoms in total. The van der Waals surface area contributed by atoms with E-state index in [0.717, 1.165) is 18.5 Å². The Morgan fingerprint density at radius 1 is 1.19 bits per heavy atom. The van der Waals surface area contributed by atoms with Gasteiger partial charge in [0.05, 0.1) is 6.33 Å². The summed E-state index contributed by atoms with van der Waals surface area (Å²) < 4.78 is 1.91. The van der Waals surface area contributed by atoms with Crippen LogP contribution in [0.5, 0.6) is 0 Å². The average molecular weight is 285 g/mol. The second-order valence-electron chi connectivity index (χ2n) is 5.86. The Kier molecular flexibility index (Phi) is 5.14. The van der Waals surface area contributed by atoms with Gasteiger partial charge in [-0.05, 0) is 49.9 Å². The molecule has 0 saturated heterocycles. The number of nitrogens with zero attached hydrogens (tertiary/aromatic N) is 2. The fourth-order valence-corrected chi connectivity index (χ4v) is 2.16. The zero-order valence-corrected chi connectivity index (χ0v) is 12.9. The molecule has 0 radical (unpaired) electrons. The van der Waals surface area contributed by atoms with Crippen LogP contribution in [0.25, 0.3) is 5.69 Å². The molecule has 112 valence electrons. The Labute approximate surface area is 126 Å². The van der Waals surface area contributed by atoms with Crippen molar-refractivity contribution in [1.82, 2.24) is 14.9 Å². The van der Waals surface area contributed by atoms with Crippen LogP contribution in [0, 0.1) is 5.92 Å². The highest BCUT2D eigenvalue weighted by Crippen LogP contribution is 2.11. The summed E-state index contributed by atoms with van der Waals surface area (Å²) in [5.74, 6) is 0.655. The van der Waals surface area contributed by atoms with Gasteiger partial charge in [0, 0.05) is 29.7 Å². The van der Waals surface area contributed by atoms with Gasteiger partial charge in [-0.2, -0.15) is 0 Å². The molecule has 1 amide bonds. The third-order valence-corrected chi connectivity index (χ3v) is 3.49. The van der Waals surface area contributed by atoms with Crippen LogP contribution in [0.4, 0.5) is 0 Å². The van der Waals surface area contributed by atoms with Crippen molar-refractivity contribution in [2.75, 3.05) is 0 Å². The third-order valence-electron chi connectivity index (χ3n) is 3.49. The van der Waals surface area contributed by atoms with E-state index in [0.29, 0.717) is 11.5 Å². The molecule has 1 N–H and O–H groups in total. The molecule has 21 heavy (non-hydrogen) atoms. The molecule has 1 atom stereocenters. The first-order valence-corrected chi connectivity index (χ1v) is 7.45. The Morgan fingerprint density at radius 3 is 2.48 bits per heavy atom. The van der Waals surface area contributed by atoms with Gasteiger partial charge >= 0.3 is 0 Å². The van der Waals surface area contributed by atoms with E-state index in [4.69, 9.17) is 0 Å². The molecule has 1 heterocycles. The van der Waals surface area contributed by atoms with E-state index in [1.165, 1.54) is 0 Å². The maximum absolute atomic E-state index is 12.2. The molecule has 2 rings (SSSR count). The lowest BCUT2D eigenvalue weighted by atomic mass is 10.0. The fraction of sp³-hybridized carbons (Fsp3) is 0.412. The summed E-state index contributed by atoms with van der Waals surface area (Å²) in [5.41, 5.74) is 1.69. The van der Waals surface area contributed by atoms with Crippen LogP contribution in [-0.2, 0) is 0 Å². The summed E-state index contributed by atoms with van der Waals surface area (Å²) in [6.07, 6.45) is 7.49. The molecule has 1 aromatic heterocycles. The number of aromatic nitrogens is 2. The Bertz CT molecular complexity index is 558. The van der Waals surface area contributed by atoms with Gasteiger partial charge in [0.15, 0.2) is 0 Å². The number of imidazole rings is 1. The minimum Gasteiger partial charge on any atom is -0.350 e. The van der Waals surface area contributed by atoms with Gasteiger partial charge < -0.3 is 9.88 Å². The summed E-state index contributed by atoms with van der Waals surface area (Å²) in [5, 5.41) is 3.05. The number of hydrogen-bond acceptors (Lipinski definition) is 2. The standard InChI is InChI=1S/C17H23N3O/c1-13(2)4-5-14(3)19-17(21)15-6-8-16(9-7-15)20-11-10-18-12-20/h6-14H,4-5H2,1-3H3,(H,19,21). The lowest BCUT2D eigenvalue weighted by molar-refractivity contribution is 0.0937. The van der Waals surface area contributed by atoms with Crippen molar-refractivity contribution in [3.8, 4) is 5.69 Å². The van der Waals surface area contributed by atoms with E-state index in [-0.39, 0.29) is 11.9 Å². The predicted octanol–water partition coefficient (Wildman–Crippen LogP) is 3.43. The zero-order valence-electron chi connectivity index (χ0n) is 12.9. The molecule has 0 spiro atoms. The van der Waals surface area contributed by atoms with Gasteiger partial charge in [0.2, 0.25) is 0 Å². The molecular formula is C17H23N3O. The van der Waals surface area contributed by atoms with E-state index >= 15 is 0 Å². The van der Waals surface area contributed by atoms with Gasteiger partial charge in [0.25, 0.3) is 5.91 Å². The van der Waals surface area contributed by atoms with Crippen LogP contribution in [0.3, 0.4) is 0 Å². The lowest BCUT2D eigenvalue weighted by Crippen LogP contribution is -2.32. The Balaban J connectivity index is 1.94. The lowest BCUT2D eigenvalue weighted by Gasteiger charge is -2.15. The first-order chi connectivity index (χ1) is 10.1. The van der Waals surface area contributed by atoms with Gasteiger partial charge in [-0.1, -0.05) is 13.8 Å². The van der Waals surface area contributed by atoms with Gasteiger partial charge in [0.1, 0.15) is 0 Å². The summed E-state index contributed by atoms with van der Waals surface area (Å²) in [6.45, 7) is 6.45. The SMILES string of the molecule is CC(C)CCC(C)NC(=O)c1ccc(-n2ccnc2)cc1. The van der Waals surface area contributed by atoms with Crippen molar-refractivity contribution in [2.45, 2.75) is 39.7 Å². The smallest absolute Gasteiger partial charge is 0.251 e. The second-order valence-corrected chi connectivity index (χ2v) is 5.86. The highest BCUT2D eigenvalue weighted by Gasteiger charge is 2.10. The molecule has 0 saturated carbocycles. The molecule has 0 aliphatic rings. The number of carbonyl (C=O) groups excluding carboxylic acids is 1. The second kappa shape index (κ2) is 7.07. The number of amides is 1. The summed E-state index contributed by atoms with van der Waals surface area (Å²) in [4.78, 5) is 16.2. The quantitative estimate of drug-likeness (QED) is 0.884. The zero-order chi connectivity index (χ0) is 15.2. The van der Waals surface area contributed by atoms with Gasteiger partial charge in [-0.25, -0.2) is 4.98 Å². The Morgan fingerprint density at radius 2 is 1.90 bits per heavy atom. The molecule has 0 bridgehead atoms. The Hall–Kier alpha value is -2.10. The van der Waals surface area contributed by atoms with E-state index in [1.54, 1.807) is 12.5 Å². The van der Waals surface area contributed by atoms with Crippen LogP contribution in [-0.4, -0.2) is 21.5 Å². The number of nitrogens with one attached hydrogen (secondary N) is 1. The van der Waals surface area contributed by atoms with Crippen LogP contribution in [0.1, 0.15) is 44.0 Å². The molecular weight excluding hydrogens is 262 g/mol. The van der Waals surface area contributed by atoms with Crippen LogP contribution >= 0.6 is 0 Å². The van der Waals surface area contributed by atoms with Crippen molar-refractivity contribution >= 4 is 5.91 Å². The largest absolute Gasteiger partial charge is 0.350 e. The van der Waals surface area contributed by atoms with Crippen LogP contribution < -0.4 is 5.32 Å². The molecule has 0 aliphatic heterocycles. The molecule has 4 heteroatoms. The predicted molar refractivity (Wildman–Crippen MR) is 84.6 cm³/mol. The number of hydrogen-bond donors (Lipinski definition) is 1. The summed E-state index contributed by atoms with van der Waals surface area (Å²) >= 11 is 0. The van der Waals surface area contributed by atoms with E-state index in [1.807, 2.05) is 35.0 Å². The van der Waals surface area contributed by atoms with Gasteiger partial charge in [-0.3, -0.25) is 4.79 Å². The van der Waals surface area contributed by atoms with Gasteiger partial charge in [-0.15, -0.1) is 0 Å². The number of carbonyl (C=O) groups is 1. The maximum Gasteiger partial charge on any atom is 0.251 e. The molecule has 1 aromatic carbocycles. The number of benzene rings is 1. The van der Waals surface area contributed by atoms with E-state index in [2.05, 4.69) is 31.1 Å². The first-order valence-electron chi connectivity index (χ1n) is 7.45. The first kappa shape index (κ1) is 15.3. The molecule has 2 aromatic rings. The van der Waals surface area contributed by atoms with Crippen molar-refractivity contribution in [3.05, 3.63) is 48.5 Å². The normalized spacial score (nSPS) is 12.4. The fourth-order valence-electron chi connectivity index (χ4n) is 2.16. The van der Waals surface area contributed by atoms with Crippen molar-refractivity contribution in [2.24, 2.45) is 5.92 Å². The van der Waals surface area contributed by atoms with E-state index in [9.17, 15) is 4.79 Å². The minimum atomic E-state index is -0.0107. The highest BCUT2D eigenvalue weighted by atomic mass is 16.1. The number of rotatable bonds is 6. The topological polar surface area (TPSA) is 46.9 Å². The average Bonchev–Trinajstić information content (AvgIpc) is 2.99.